The molecule has 2 amide bonds. The molecular weight excluding hydrogens is 312 g/mol. The summed E-state index contributed by atoms with van der Waals surface area (Å²) < 4.78 is 0. The van der Waals surface area contributed by atoms with Gasteiger partial charge in [-0.2, -0.15) is 0 Å². The van der Waals surface area contributed by atoms with Gasteiger partial charge in [-0.15, -0.1) is 0 Å². The normalized spacial score (nSPS) is 16.5. The van der Waals surface area contributed by atoms with Crippen molar-refractivity contribution in [2.24, 2.45) is 5.92 Å². The van der Waals surface area contributed by atoms with Crippen LogP contribution in [0, 0.1) is 5.92 Å². The molecule has 1 aromatic rings. The maximum atomic E-state index is 13.0. The van der Waals surface area contributed by atoms with Crippen LogP contribution < -0.4 is 10.6 Å². The second kappa shape index (κ2) is 9.02. The second-order valence-electron chi connectivity index (χ2n) is 7.56. The highest BCUT2D eigenvalue weighted by Crippen LogP contribution is 2.40. The Bertz CT molecular complexity index is 572. The predicted molar refractivity (Wildman–Crippen MR) is 103 cm³/mol. The summed E-state index contributed by atoms with van der Waals surface area (Å²) in [6, 6.07) is 7.86. The highest BCUT2D eigenvalue weighted by Gasteiger charge is 2.40. The molecule has 0 spiro atoms. The van der Waals surface area contributed by atoms with Gasteiger partial charge in [0.15, 0.2) is 0 Å². The van der Waals surface area contributed by atoms with Gasteiger partial charge < -0.3 is 10.6 Å². The van der Waals surface area contributed by atoms with Gasteiger partial charge in [0.2, 0.25) is 11.8 Å². The van der Waals surface area contributed by atoms with Gasteiger partial charge >= 0.3 is 0 Å². The van der Waals surface area contributed by atoms with Crippen molar-refractivity contribution in [3.8, 4) is 0 Å². The van der Waals surface area contributed by atoms with E-state index in [4.69, 9.17) is 0 Å². The SMILES string of the molecule is CCC(=O)Nc1ccc(C2(C(=O)NCCC(C)C)CCCCC2)cc1. The molecule has 0 radical (unpaired) electrons. The summed E-state index contributed by atoms with van der Waals surface area (Å²) in [5.41, 5.74) is 1.45. The van der Waals surface area contributed by atoms with Crippen molar-refractivity contribution in [2.45, 2.75) is 71.1 Å². The summed E-state index contributed by atoms with van der Waals surface area (Å²) in [5, 5.41) is 6.04. The van der Waals surface area contributed by atoms with Gasteiger partial charge in [-0.1, -0.05) is 52.2 Å². The van der Waals surface area contributed by atoms with Crippen LogP contribution in [0.3, 0.4) is 0 Å². The molecular formula is C21H32N2O2. The molecule has 1 fully saturated rings. The van der Waals surface area contributed by atoms with Gasteiger partial charge in [-0.25, -0.2) is 0 Å². The van der Waals surface area contributed by atoms with Gasteiger partial charge in [-0.05, 0) is 42.9 Å². The van der Waals surface area contributed by atoms with Gasteiger partial charge in [-0.3, -0.25) is 9.59 Å². The number of carbonyl (C=O) groups excluding carboxylic acids is 2. The van der Waals surface area contributed by atoms with E-state index in [0.717, 1.165) is 49.9 Å². The summed E-state index contributed by atoms with van der Waals surface area (Å²) in [5.74, 6) is 0.758. The van der Waals surface area contributed by atoms with Crippen molar-refractivity contribution in [2.75, 3.05) is 11.9 Å². The first-order valence-electron chi connectivity index (χ1n) is 9.66. The molecule has 1 aliphatic rings. The predicted octanol–water partition coefficient (Wildman–Crippen LogP) is 4.40. The van der Waals surface area contributed by atoms with Crippen LogP contribution in [0.15, 0.2) is 24.3 Å². The minimum atomic E-state index is -0.414. The van der Waals surface area contributed by atoms with E-state index in [2.05, 4.69) is 24.5 Å². The van der Waals surface area contributed by atoms with Crippen molar-refractivity contribution in [1.29, 1.82) is 0 Å². The molecule has 25 heavy (non-hydrogen) atoms. The summed E-state index contributed by atoms with van der Waals surface area (Å²) in [4.78, 5) is 24.6. The van der Waals surface area contributed by atoms with Gasteiger partial charge in [0.05, 0.1) is 5.41 Å². The number of hydrogen-bond donors (Lipinski definition) is 2. The van der Waals surface area contributed by atoms with E-state index in [0.29, 0.717) is 12.3 Å². The fourth-order valence-corrected chi connectivity index (χ4v) is 3.57. The minimum Gasteiger partial charge on any atom is -0.355 e. The third-order valence-electron chi connectivity index (χ3n) is 5.19. The fourth-order valence-electron chi connectivity index (χ4n) is 3.57. The lowest BCUT2D eigenvalue weighted by Gasteiger charge is -2.36. The molecule has 0 saturated heterocycles. The number of nitrogens with one attached hydrogen (secondary N) is 2. The standard InChI is InChI=1S/C21H32N2O2/c1-4-19(24)23-18-10-8-17(9-11-18)21(13-6-5-7-14-21)20(25)22-15-12-16(2)3/h8-11,16H,4-7,12-15H2,1-3H3,(H,22,25)(H,23,24). The van der Waals surface area contributed by atoms with Crippen LogP contribution in [0.4, 0.5) is 5.69 Å². The van der Waals surface area contributed by atoms with Crippen molar-refractivity contribution in [1.82, 2.24) is 5.32 Å². The lowest BCUT2D eigenvalue weighted by atomic mass is 9.68. The van der Waals surface area contributed by atoms with Crippen LogP contribution in [0.2, 0.25) is 0 Å². The number of carbonyl (C=O) groups is 2. The first-order chi connectivity index (χ1) is 12.0. The van der Waals surface area contributed by atoms with E-state index in [9.17, 15) is 9.59 Å². The minimum absolute atomic E-state index is 0.00607. The quantitative estimate of drug-likeness (QED) is 0.770. The zero-order chi connectivity index (χ0) is 18.3. The molecule has 2 N–H and O–H groups in total. The highest BCUT2D eigenvalue weighted by molar-refractivity contribution is 5.91. The first kappa shape index (κ1) is 19.5. The summed E-state index contributed by atoms with van der Waals surface area (Å²) in [6.07, 6.45) is 6.65. The Labute approximate surface area is 151 Å². The average molecular weight is 344 g/mol. The van der Waals surface area contributed by atoms with Crippen molar-refractivity contribution >= 4 is 17.5 Å². The van der Waals surface area contributed by atoms with Crippen molar-refractivity contribution < 1.29 is 9.59 Å². The molecule has 0 aromatic heterocycles. The molecule has 0 aliphatic heterocycles. The van der Waals surface area contributed by atoms with E-state index in [1.807, 2.05) is 31.2 Å². The van der Waals surface area contributed by atoms with Gasteiger partial charge in [0.1, 0.15) is 0 Å². The van der Waals surface area contributed by atoms with E-state index in [-0.39, 0.29) is 11.8 Å². The molecule has 138 valence electrons. The molecule has 0 bridgehead atoms. The molecule has 1 saturated carbocycles. The van der Waals surface area contributed by atoms with Crippen LogP contribution in [0.5, 0.6) is 0 Å². The lowest BCUT2D eigenvalue weighted by molar-refractivity contribution is -0.128. The smallest absolute Gasteiger partial charge is 0.230 e. The molecule has 4 heteroatoms. The van der Waals surface area contributed by atoms with E-state index < -0.39 is 5.41 Å². The average Bonchev–Trinajstić information content (AvgIpc) is 2.62. The molecule has 0 atom stereocenters. The van der Waals surface area contributed by atoms with E-state index in [1.54, 1.807) is 0 Å². The molecule has 0 unspecified atom stereocenters. The van der Waals surface area contributed by atoms with Crippen LogP contribution in [0.25, 0.3) is 0 Å². The Balaban J connectivity index is 2.15. The maximum Gasteiger partial charge on any atom is 0.230 e. The number of hydrogen-bond acceptors (Lipinski definition) is 2. The summed E-state index contributed by atoms with van der Waals surface area (Å²) in [7, 11) is 0. The molecule has 2 rings (SSSR count). The van der Waals surface area contributed by atoms with Crippen LogP contribution in [-0.2, 0) is 15.0 Å². The van der Waals surface area contributed by atoms with Gasteiger partial charge in [0, 0.05) is 18.7 Å². The largest absolute Gasteiger partial charge is 0.355 e. The van der Waals surface area contributed by atoms with Crippen LogP contribution >= 0.6 is 0 Å². The first-order valence-corrected chi connectivity index (χ1v) is 9.66. The van der Waals surface area contributed by atoms with Crippen molar-refractivity contribution in [3.05, 3.63) is 29.8 Å². The topological polar surface area (TPSA) is 58.2 Å². The van der Waals surface area contributed by atoms with Gasteiger partial charge in [0.25, 0.3) is 0 Å². The van der Waals surface area contributed by atoms with Crippen molar-refractivity contribution in [3.63, 3.8) is 0 Å². The monoisotopic (exact) mass is 344 g/mol. The van der Waals surface area contributed by atoms with Crippen LogP contribution in [0.1, 0.15) is 71.3 Å². The Morgan fingerprint density at radius 1 is 1.08 bits per heavy atom. The number of anilines is 1. The molecule has 0 heterocycles. The third-order valence-corrected chi connectivity index (χ3v) is 5.19. The molecule has 1 aliphatic carbocycles. The number of amides is 2. The Kier molecular flexibility index (Phi) is 7.03. The summed E-state index contributed by atoms with van der Waals surface area (Å²) in [6.45, 7) is 6.92. The molecule has 1 aromatic carbocycles. The van der Waals surface area contributed by atoms with Crippen LogP contribution in [-0.4, -0.2) is 18.4 Å². The summed E-state index contributed by atoms with van der Waals surface area (Å²) >= 11 is 0. The van der Waals surface area contributed by atoms with E-state index in [1.165, 1.54) is 6.42 Å². The third kappa shape index (κ3) is 5.07. The fraction of sp³-hybridized carbons (Fsp3) is 0.619. The lowest BCUT2D eigenvalue weighted by Crippen LogP contribution is -2.46. The zero-order valence-corrected chi connectivity index (χ0v) is 15.9. The number of benzene rings is 1. The Morgan fingerprint density at radius 2 is 1.72 bits per heavy atom. The Morgan fingerprint density at radius 3 is 2.28 bits per heavy atom. The maximum absolute atomic E-state index is 13.0. The van der Waals surface area contributed by atoms with E-state index >= 15 is 0 Å². The number of rotatable bonds is 7. The Hall–Kier alpha value is -1.84. The zero-order valence-electron chi connectivity index (χ0n) is 15.9. The highest BCUT2D eigenvalue weighted by atomic mass is 16.2. The second-order valence-corrected chi connectivity index (χ2v) is 7.56. The molecule has 4 nitrogen and oxygen atoms in total.